The van der Waals surface area contributed by atoms with Gasteiger partial charge in [0.2, 0.25) is 11.8 Å². The Kier molecular flexibility index (Phi) is 3.20. The molecular formula is C8H9F3N2O3. The van der Waals surface area contributed by atoms with Gasteiger partial charge in [-0.2, -0.15) is 13.2 Å². The molecule has 5 nitrogen and oxygen atoms in total. The number of carbonyl (C=O) groups excluding carboxylic acids is 3. The summed E-state index contributed by atoms with van der Waals surface area (Å²) >= 11 is 0. The summed E-state index contributed by atoms with van der Waals surface area (Å²) in [6.45, 7) is 0.708. The smallest absolute Gasteiger partial charge is 0.314 e. The molecule has 1 saturated heterocycles. The number of nitrogens with one attached hydrogen (secondary N) is 1. The number of hydrogen-bond donors (Lipinski definition) is 1. The van der Waals surface area contributed by atoms with Crippen molar-refractivity contribution in [3.05, 3.63) is 0 Å². The second kappa shape index (κ2) is 4.11. The van der Waals surface area contributed by atoms with E-state index < -0.39 is 36.5 Å². The van der Waals surface area contributed by atoms with E-state index in [1.54, 1.807) is 0 Å². The van der Waals surface area contributed by atoms with Gasteiger partial charge < -0.3 is 4.90 Å². The van der Waals surface area contributed by atoms with Crippen LogP contribution in [0, 0.1) is 0 Å². The van der Waals surface area contributed by atoms with E-state index in [9.17, 15) is 27.6 Å². The quantitative estimate of drug-likeness (QED) is 0.644. The second-order valence-electron chi connectivity index (χ2n) is 3.27. The molecule has 1 unspecified atom stereocenters. The molecule has 1 heterocycles. The molecule has 1 atom stereocenters. The highest BCUT2D eigenvalue weighted by Gasteiger charge is 2.48. The van der Waals surface area contributed by atoms with E-state index in [0.717, 1.165) is 0 Å². The van der Waals surface area contributed by atoms with Crippen LogP contribution < -0.4 is 5.32 Å². The highest BCUT2D eigenvalue weighted by Crippen LogP contribution is 2.22. The Labute approximate surface area is 88.6 Å². The Balaban J connectivity index is 2.95. The van der Waals surface area contributed by atoms with Gasteiger partial charge in [-0.05, 0) is 6.42 Å². The van der Waals surface area contributed by atoms with Crippen molar-refractivity contribution in [2.24, 2.45) is 0 Å². The molecule has 0 aromatic carbocycles. The van der Waals surface area contributed by atoms with Gasteiger partial charge in [-0.1, -0.05) is 6.92 Å². The van der Waals surface area contributed by atoms with Crippen LogP contribution in [0.3, 0.4) is 0 Å². The second-order valence-corrected chi connectivity index (χ2v) is 3.27. The van der Waals surface area contributed by atoms with E-state index in [1.165, 1.54) is 6.92 Å². The van der Waals surface area contributed by atoms with Crippen molar-refractivity contribution in [2.75, 3.05) is 6.54 Å². The van der Waals surface area contributed by atoms with Crippen molar-refractivity contribution >= 4 is 17.7 Å². The lowest BCUT2D eigenvalue weighted by molar-refractivity contribution is -0.190. The Morgan fingerprint density at radius 1 is 1.50 bits per heavy atom. The van der Waals surface area contributed by atoms with Gasteiger partial charge in [0.05, 0.1) is 0 Å². The number of halogens is 3. The van der Waals surface area contributed by atoms with Gasteiger partial charge in [0.25, 0.3) is 0 Å². The minimum absolute atomic E-state index is 0.0148. The summed E-state index contributed by atoms with van der Waals surface area (Å²) in [7, 11) is 0. The summed E-state index contributed by atoms with van der Waals surface area (Å²) in [5.41, 5.74) is 0. The van der Waals surface area contributed by atoms with Crippen LogP contribution in [0.25, 0.3) is 0 Å². The molecule has 1 aliphatic rings. The maximum Gasteiger partial charge on any atom is 0.471 e. The van der Waals surface area contributed by atoms with Crippen LogP contribution in [-0.4, -0.2) is 41.4 Å². The number of piperazine rings is 1. The SMILES string of the molecule is CCC1C(=O)NC(=O)CN1C(=O)C(F)(F)F. The van der Waals surface area contributed by atoms with Gasteiger partial charge in [-0.3, -0.25) is 19.7 Å². The molecule has 16 heavy (non-hydrogen) atoms. The normalized spacial score (nSPS) is 22.0. The van der Waals surface area contributed by atoms with Gasteiger partial charge in [0.15, 0.2) is 0 Å². The number of amides is 3. The van der Waals surface area contributed by atoms with E-state index in [0.29, 0.717) is 0 Å². The van der Waals surface area contributed by atoms with Crippen molar-refractivity contribution in [1.82, 2.24) is 10.2 Å². The van der Waals surface area contributed by atoms with E-state index >= 15 is 0 Å². The first-order valence-electron chi connectivity index (χ1n) is 4.48. The zero-order valence-electron chi connectivity index (χ0n) is 8.30. The fourth-order valence-electron chi connectivity index (χ4n) is 1.45. The van der Waals surface area contributed by atoms with E-state index in [2.05, 4.69) is 0 Å². The number of imide groups is 1. The highest BCUT2D eigenvalue weighted by molar-refractivity contribution is 6.04. The molecule has 0 bridgehead atoms. The Hall–Kier alpha value is -1.60. The molecular weight excluding hydrogens is 229 g/mol. The predicted octanol–water partition coefficient (Wildman–Crippen LogP) is -0.188. The maximum atomic E-state index is 12.2. The first-order valence-corrected chi connectivity index (χ1v) is 4.48. The molecule has 1 N–H and O–H groups in total. The molecule has 90 valence electrons. The number of rotatable bonds is 1. The molecule has 3 amide bonds. The van der Waals surface area contributed by atoms with Gasteiger partial charge >= 0.3 is 12.1 Å². The van der Waals surface area contributed by atoms with Crippen LogP contribution in [0.5, 0.6) is 0 Å². The van der Waals surface area contributed by atoms with E-state index in [4.69, 9.17) is 0 Å². The summed E-state index contributed by atoms with van der Waals surface area (Å²) in [5, 5.41) is 1.88. The zero-order valence-corrected chi connectivity index (χ0v) is 8.30. The summed E-state index contributed by atoms with van der Waals surface area (Å²) in [5.74, 6) is -3.95. The topological polar surface area (TPSA) is 66.5 Å². The van der Waals surface area contributed by atoms with Crippen molar-refractivity contribution in [3.63, 3.8) is 0 Å². The predicted molar refractivity (Wildman–Crippen MR) is 45.0 cm³/mol. The molecule has 0 aliphatic carbocycles. The maximum absolute atomic E-state index is 12.2. The van der Waals surface area contributed by atoms with Crippen molar-refractivity contribution in [3.8, 4) is 0 Å². The first-order chi connectivity index (χ1) is 7.27. The van der Waals surface area contributed by atoms with Crippen LogP contribution in [0.1, 0.15) is 13.3 Å². The molecule has 1 rings (SSSR count). The molecule has 0 aromatic heterocycles. The number of nitrogens with zero attached hydrogens (tertiary/aromatic N) is 1. The number of alkyl halides is 3. The van der Waals surface area contributed by atoms with Crippen LogP contribution in [0.2, 0.25) is 0 Å². The average molecular weight is 238 g/mol. The third-order valence-corrected chi connectivity index (χ3v) is 2.15. The molecule has 1 fully saturated rings. The lowest BCUT2D eigenvalue weighted by Gasteiger charge is -2.33. The van der Waals surface area contributed by atoms with E-state index in [1.807, 2.05) is 5.32 Å². The fraction of sp³-hybridized carbons (Fsp3) is 0.625. The molecule has 1 aliphatic heterocycles. The fourth-order valence-corrected chi connectivity index (χ4v) is 1.45. The van der Waals surface area contributed by atoms with Gasteiger partial charge in [0.1, 0.15) is 12.6 Å². The summed E-state index contributed by atoms with van der Waals surface area (Å²) < 4.78 is 36.5. The standard InChI is InChI=1S/C8H9F3N2O3/c1-2-4-6(15)12-5(14)3-13(4)7(16)8(9,10)11/h4H,2-3H2,1H3,(H,12,14,15). The molecule has 0 saturated carbocycles. The zero-order chi connectivity index (χ0) is 12.5. The largest absolute Gasteiger partial charge is 0.471 e. The Bertz CT molecular complexity index is 340. The average Bonchev–Trinajstić information content (AvgIpc) is 2.14. The van der Waals surface area contributed by atoms with Crippen LogP contribution in [-0.2, 0) is 14.4 Å². The van der Waals surface area contributed by atoms with Gasteiger partial charge in [-0.15, -0.1) is 0 Å². The summed E-state index contributed by atoms with van der Waals surface area (Å²) in [4.78, 5) is 33.3. The third kappa shape index (κ3) is 2.31. The highest BCUT2D eigenvalue weighted by atomic mass is 19.4. The third-order valence-electron chi connectivity index (χ3n) is 2.15. The number of hydrogen-bond acceptors (Lipinski definition) is 3. The van der Waals surface area contributed by atoms with Gasteiger partial charge in [0, 0.05) is 0 Å². The minimum Gasteiger partial charge on any atom is -0.314 e. The van der Waals surface area contributed by atoms with Crippen LogP contribution >= 0.6 is 0 Å². The molecule has 0 aromatic rings. The van der Waals surface area contributed by atoms with Gasteiger partial charge in [-0.25, -0.2) is 0 Å². The van der Waals surface area contributed by atoms with Crippen molar-refractivity contribution in [2.45, 2.75) is 25.6 Å². The van der Waals surface area contributed by atoms with E-state index in [-0.39, 0.29) is 11.3 Å². The van der Waals surface area contributed by atoms with Crippen molar-refractivity contribution < 1.29 is 27.6 Å². The lowest BCUT2D eigenvalue weighted by atomic mass is 10.1. The first kappa shape index (κ1) is 12.5. The Morgan fingerprint density at radius 3 is 2.50 bits per heavy atom. The monoisotopic (exact) mass is 238 g/mol. The van der Waals surface area contributed by atoms with Crippen LogP contribution in [0.4, 0.5) is 13.2 Å². The Morgan fingerprint density at radius 2 is 2.06 bits per heavy atom. The molecule has 0 radical (unpaired) electrons. The van der Waals surface area contributed by atoms with Crippen molar-refractivity contribution in [1.29, 1.82) is 0 Å². The minimum atomic E-state index is -5.08. The number of carbonyl (C=O) groups is 3. The lowest BCUT2D eigenvalue weighted by Crippen LogP contribution is -2.61. The molecule has 8 heteroatoms. The summed E-state index contributed by atoms with van der Waals surface area (Å²) in [6.07, 6.45) is -5.06. The summed E-state index contributed by atoms with van der Waals surface area (Å²) in [6, 6.07) is -1.24. The molecule has 0 spiro atoms. The van der Waals surface area contributed by atoms with Crippen LogP contribution in [0.15, 0.2) is 0 Å².